The molecule has 0 fully saturated rings. The van der Waals surface area contributed by atoms with Gasteiger partial charge in [-0.3, -0.25) is 0 Å². The summed E-state index contributed by atoms with van der Waals surface area (Å²) in [5.74, 6) is 0.563. The number of nitrogens with zero attached hydrogens (tertiary/aromatic N) is 3. The van der Waals surface area contributed by atoms with E-state index in [4.69, 9.17) is 5.73 Å². The highest BCUT2D eigenvalue weighted by Gasteiger charge is 2.16. The van der Waals surface area contributed by atoms with Gasteiger partial charge in [0.1, 0.15) is 5.82 Å². The number of hydrogen-bond acceptors (Lipinski definition) is 5. The lowest BCUT2D eigenvalue weighted by Crippen LogP contribution is -2.15. The second kappa shape index (κ2) is 6.16. The third-order valence-corrected chi connectivity index (χ3v) is 5.25. The minimum Gasteiger partial charge on any atom is -0.399 e. The van der Waals surface area contributed by atoms with Crippen LogP contribution in [-0.4, -0.2) is 23.0 Å². The smallest absolute Gasteiger partial charge is 0.264 e. The van der Waals surface area contributed by atoms with Gasteiger partial charge in [0.25, 0.3) is 10.0 Å². The number of nitrogens with one attached hydrogen (secondary N) is 1. The predicted octanol–water partition coefficient (Wildman–Crippen LogP) is 2.80. The maximum atomic E-state index is 12.5. The fraction of sp³-hybridized carbons (Fsp3) is 0. The maximum absolute atomic E-state index is 12.5. The summed E-state index contributed by atoms with van der Waals surface area (Å²) in [7, 11) is -3.80. The molecule has 2 aromatic carbocycles. The number of sulfonamides is 1. The fourth-order valence-corrected chi connectivity index (χ4v) is 3.59. The number of fused-ring (bicyclic) bond motifs is 1. The standard InChI is InChI=1S/C18H15N5O2S/c19-14-5-7-15(8-6-14)26(24,25)22-18-20-11-9-17(21-18)23-12-10-13-3-1-2-4-16(13)23/h1-12H,19H2,(H,20,21,22). The summed E-state index contributed by atoms with van der Waals surface area (Å²) in [5.41, 5.74) is 7.06. The molecule has 7 nitrogen and oxygen atoms in total. The highest BCUT2D eigenvalue weighted by Crippen LogP contribution is 2.20. The van der Waals surface area contributed by atoms with Gasteiger partial charge in [-0.15, -0.1) is 0 Å². The van der Waals surface area contributed by atoms with Crippen LogP contribution in [-0.2, 0) is 10.0 Å². The van der Waals surface area contributed by atoms with E-state index in [-0.39, 0.29) is 10.8 Å². The van der Waals surface area contributed by atoms with E-state index in [1.807, 2.05) is 41.1 Å². The number of rotatable bonds is 4. The third-order valence-electron chi connectivity index (χ3n) is 3.90. The molecule has 4 aromatic rings. The van der Waals surface area contributed by atoms with Crippen molar-refractivity contribution in [2.24, 2.45) is 0 Å². The average molecular weight is 365 g/mol. The third kappa shape index (κ3) is 2.98. The van der Waals surface area contributed by atoms with Crippen LogP contribution in [0.3, 0.4) is 0 Å². The van der Waals surface area contributed by atoms with E-state index in [1.165, 1.54) is 30.5 Å². The predicted molar refractivity (Wildman–Crippen MR) is 101 cm³/mol. The Morgan fingerprint density at radius 2 is 1.73 bits per heavy atom. The van der Waals surface area contributed by atoms with Crippen molar-refractivity contribution in [3.63, 3.8) is 0 Å². The molecule has 4 rings (SSSR count). The van der Waals surface area contributed by atoms with Crippen molar-refractivity contribution < 1.29 is 8.42 Å². The van der Waals surface area contributed by atoms with Gasteiger partial charge in [0.05, 0.1) is 10.4 Å². The van der Waals surface area contributed by atoms with Crippen LogP contribution in [0.15, 0.2) is 78.0 Å². The number of aromatic nitrogens is 3. The molecule has 0 radical (unpaired) electrons. The lowest BCUT2D eigenvalue weighted by Gasteiger charge is -2.09. The first-order chi connectivity index (χ1) is 12.5. The van der Waals surface area contributed by atoms with E-state index in [0.29, 0.717) is 11.5 Å². The highest BCUT2D eigenvalue weighted by atomic mass is 32.2. The molecule has 0 saturated carbocycles. The molecule has 0 spiro atoms. The zero-order valence-electron chi connectivity index (χ0n) is 13.6. The Labute approximate surface area is 150 Å². The van der Waals surface area contributed by atoms with Crippen molar-refractivity contribution >= 4 is 32.6 Å². The van der Waals surface area contributed by atoms with Crippen LogP contribution < -0.4 is 10.5 Å². The summed E-state index contributed by atoms with van der Waals surface area (Å²) in [6.45, 7) is 0. The second-order valence-corrected chi connectivity index (χ2v) is 7.34. The van der Waals surface area contributed by atoms with Gasteiger partial charge in [0, 0.05) is 18.1 Å². The summed E-state index contributed by atoms with van der Waals surface area (Å²) in [6.07, 6.45) is 3.39. The van der Waals surface area contributed by atoms with E-state index >= 15 is 0 Å². The monoisotopic (exact) mass is 365 g/mol. The summed E-state index contributed by atoms with van der Waals surface area (Å²) in [4.78, 5) is 8.44. The summed E-state index contributed by atoms with van der Waals surface area (Å²) in [5, 5.41) is 1.06. The highest BCUT2D eigenvalue weighted by molar-refractivity contribution is 7.92. The maximum Gasteiger partial charge on any atom is 0.264 e. The first kappa shape index (κ1) is 16.1. The quantitative estimate of drug-likeness (QED) is 0.541. The molecule has 26 heavy (non-hydrogen) atoms. The lowest BCUT2D eigenvalue weighted by molar-refractivity contribution is 0.601. The molecule has 0 bridgehead atoms. The Balaban J connectivity index is 1.69. The summed E-state index contributed by atoms with van der Waals surface area (Å²) >= 11 is 0. The van der Waals surface area contributed by atoms with Gasteiger partial charge in [-0.25, -0.2) is 18.1 Å². The Bertz CT molecular complexity index is 1180. The van der Waals surface area contributed by atoms with E-state index in [1.54, 1.807) is 6.07 Å². The first-order valence-corrected chi connectivity index (χ1v) is 9.29. The van der Waals surface area contributed by atoms with Gasteiger partial charge in [0.15, 0.2) is 0 Å². The normalized spacial score (nSPS) is 11.5. The van der Waals surface area contributed by atoms with Crippen molar-refractivity contribution in [2.75, 3.05) is 10.5 Å². The number of nitrogen functional groups attached to an aromatic ring is 1. The van der Waals surface area contributed by atoms with Crippen LogP contribution in [0.2, 0.25) is 0 Å². The SMILES string of the molecule is Nc1ccc(S(=O)(=O)Nc2nccc(-n3ccc4ccccc43)n2)cc1. The van der Waals surface area contributed by atoms with Crippen LogP contribution in [0.4, 0.5) is 11.6 Å². The molecule has 0 atom stereocenters. The van der Waals surface area contributed by atoms with E-state index in [0.717, 1.165) is 10.9 Å². The van der Waals surface area contributed by atoms with Gasteiger partial charge in [0.2, 0.25) is 5.95 Å². The number of para-hydroxylation sites is 1. The van der Waals surface area contributed by atoms with Gasteiger partial charge in [-0.1, -0.05) is 18.2 Å². The number of hydrogen-bond donors (Lipinski definition) is 2. The van der Waals surface area contributed by atoms with Crippen molar-refractivity contribution in [1.29, 1.82) is 0 Å². The number of nitrogens with two attached hydrogens (primary N) is 1. The summed E-state index contributed by atoms with van der Waals surface area (Å²) < 4.78 is 29.2. The van der Waals surface area contributed by atoms with Crippen LogP contribution in [0, 0.1) is 0 Å². The second-order valence-electron chi connectivity index (χ2n) is 5.66. The van der Waals surface area contributed by atoms with Gasteiger partial charge < -0.3 is 10.3 Å². The molecular weight excluding hydrogens is 350 g/mol. The van der Waals surface area contributed by atoms with Crippen molar-refractivity contribution in [2.45, 2.75) is 4.90 Å². The van der Waals surface area contributed by atoms with Crippen molar-refractivity contribution in [1.82, 2.24) is 14.5 Å². The van der Waals surface area contributed by atoms with Crippen LogP contribution >= 0.6 is 0 Å². The van der Waals surface area contributed by atoms with E-state index in [9.17, 15) is 8.42 Å². The Hall–Kier alpha value is -3.39. The summed E-state index contributed by atoms with van der Waals surface area (Å²) in [6, 6.07) is 17.5. The van der Waals surface area contributed by atoms with Crippen molar-refractivity contribution in [3.8, 4) is 5.82 Å². The molecule has 0 aliphatic heterocycles. The molecule has 2 heterocycles. The molecule has 0 saturated heterocycles. The molecule has 0 amide bonds. The Morgan fingerprint density at radius 1 is 0.962 bits per heavy atom. The molecule has 8 heteroatoms. The van der Waals surface area contributed by atoms with Gasteiger partial charge in [-0.05, 0) is 47.9 Å². The van der Waals surface area contributed by atoms with Crippen molar-refractivity contribution in [3.05, 3.63) is 73.1 Å². The molecule has 130 valence electrons. The fourth-order valence-electron chi connectivity index (χ4n) is 2.64. The number of anilines is 2. The molecule has 3 N–H and O–H groups in total. The zero-order valence-corrected chi connectivity index (χ0v) is 14.4. The largest absolute Gasteiger partial charge is 0.399 e. The van der Waals surface area contributed by atoms with Crippen LogP contribution in [0.25, 0.3) is 16.7 Å². The minimum atomic E-state index is -3.80. The molecule has 0 unspecified atom stereocenters. The lowest BCUT2D eigenvalue weighted by atomic mass is 10.2. The Morgan fingerprint density at radius 3 is 2.54 bits per heavy atom. The average Bonchev–Trinajstić information content (AvgIpc) is 3.06. The zero-order chi connectivity index (χ0) is 18.1. The van der Waals surface area contributed by atoms with E-state index in [2.05, 4.69) is 14.7 Å². The molecule has 2 aromatic heterocycles. The molecule has 0 aliphatic carbocycles. The van der Waals surface area contributed by atoms with Crippen LogP contribution in [0.5, 0.6) is 0 Å². The first-order valence-electron chi connectivity index (χ1n) is 7.81. The minimum absolute atomic E-state index is 0.00268. The molecular formula is C18H15N5O2S. The van der Waals surface area contributed by atoms with Gasteiger partial charge in [-0.2, -0.15) is 4.98 Å². The van der Waals surface area contributed by atoms with Gasteiger partial charge >= 0.3 is 0 Å². The topological polar surface area (TPSA) is 103 Å². The van der Waals surface area contributed by atoms with E-state index < -0.39 is 10.0 Å². The van der Waals surface area contributed by atoms with Crippen LogP contribution in [0.1, 0.15) is 0 Å². The number of benzene rings is 2. The Kier molecular flexibility index (Phi) is 3.81. The molecule has 0 aliphatic rings.